The molecule has 3 rings (SSSR count). The Morgan fingerprint density at radius 1 is 0.875 bits per heavy atom. The molecule has 0 saturated heterocycles. The maximum Gasteiger partial charge on any atom is 0 e. The van der Waals surface area contributed by atoms with Gasteiger partial charge in [-0.1, -0.05) is 77.5 Å². The van der Waals surface area contributed by atoms with E-state index in [4.69, 9.17) is 0 Å². The summed E-state index contributed by atoms with van der Waals surface area (Å²) in [5, 5.41) is 0. The first-order chi connectivity index (χ1) is 10.6. The van der Waals surface area contributed by atoms with E-state index in [0.717, 1.165) is 0 Å². The van der Waals surface area contributed by atoms with Crippen LogP contribution in [0.2, 0.25) is 0 Å². The van der Waals surface area contributed by atoms with E-state index in [1.165, 1.54) is 44.5 Å². The molecule has 128 valence electrons. The van der Waals surface area contributed by atoms with Gasteiger partial charge in [-0.25, -0.2) is 11.1 Å². The number of rotatable bonds is 0. The zero-order valence-corrected chi connectivity index (χ0v) is 20.3. The van der Waals surface area contributed by atoms with Gasteiger partial charge in [0.1, 0.15) is 0 Å². The first-order valence-corrected chi connectivity index (χ1v) is 8.57. The van der Waals surface area contributed by atoms with Crippen molar-refractivity contribution in [2.45, 2.75) is 68.2 Å². The molecule has 2 aliphatic rings. The Bertz CT molecular complexity index is 727. The van der Waals surface area contributed by atoms with Crippen LogP contribution in [0.1, 0.15) is 76.6 Å². The van der Waals surface area contributed by atoms with Crippen molar-refractivity contribution >= 4 is 5.57 Å². The molecule has 0 radical (unpaired) electrons. The van der Waals surface area contributed by atoms with Gasteiger partial charge in [-0.15, -0.1) is 18.1 Å². The zero-order valence-electron chi connectivity index (χ0n) is 16.7. The van der Waals surface area contributed by atoms with Crippen molar-refractivity contribution in [2.75, 3.05) is 0 Å². The summed E-state index contributed by atoms with van der Waals surface area (Å²) in [7, 11) is 0. The van der Waals surface area contributed by atoms with E-state index >= 15 is 0 Å². The van der Waals surface area contributed by atoms with Gasteiger partial charge in [0.25, 0.3) is 0 Å². The summed E-state index contributed by atoms with van der Waals surface area (Å²) in [5.74, 6) is 0.481. The Morgan fingerprint density at radius 2 is 1.42 bits per heavy atom. The van der Waals surface area contributed by atoms with Crippen LogP contribution in [0.5, 0.6) is 0 Å². The fraction of sp³-hybridized carbons (Fsp3) is 0.478. The Morgan fingerprint density at radius 3 is 1.79 bits per heavy atom. The van der Waals surface area contributed by atoms with Crippen LogP contribution in [0.25, 0.3) is 5.57 Å². The summed E-state index contributed by atoms with van der Waals surface area (Å²) in [6, 6.07) is 4.42. The average Bonchev–Trinajstić information content (AvgIpc) is 2.85. The maximum atomic E-state index is 3.48. The second kappa shape index (κ2) is 7.68. The van der Waals surface area contributed by atoms with Crippen molar-refractivity contribution in [2.24, 2.45) is 5.41 Å². The summed E-state index contributed by atoms with van der Waals surface area (Å²) in [6.07, 6.45) is 6.92. The van der Waals surface area contributed by atoms with Gasteiger partial charge in [0, 0.05) is 25.8 Å². The molecule has 1 atom stereocenters. The molecular formula is C23H30Hf-2. The van der Waals surface area contributed by atoms with Crippen LogP contribution < -0.4 is 0 Å². The molecule has 0 bridgehead atoms. The SMILES string of the molecule is CC1=[C-]C(C)(C)C(C)=C1C.CC1=[C-]C(C)c2c(C)ccc(C)c21.[Hf]. The minimum absolute atomic E-state index is 0. The molecular weight excluding hydrogens is 455 g/mol. The van der Waals surface area contributed by atoms with Gasteiger partial charge in [0.15, 0.2) is 0 Å². The number of fused-ring (bicyclic) bond motifs is 1. The molecule has 0 spiro atoms. The van der Waals surface area contributed by atoms with Crippen molar-refractivity contribution in [3.63, 3.8) is 0 Å². The summed E-state index contributed by atoms with van der Waals surface area (Å²) >= 11 is 0. The van der Waals surface area contributed by atoms with Gasteiger partial charge in [-0.2, -0.15) is 16.7 Å². The molecule has 0 nitrogen and oxygen atoms in total. The minimum Gasteiger partial charge on any atom is -0.266 e. The van der Waals surface area contributed by atoms with E-state index in [1.54, 1.807) is 0 Å². The standard InChI is InChI=1S/C13H15.C10H15.Hf/c1-8-5-6-9(2)13-11(4)7-10(3)12(8)13;1-7-6-10(4,5)9(3)8(7)2;/h5-6,10H,1-4H3;1-5H3;/q2*-1;. The largest absolute Gasteiger partial charge is 0.266 e. The topological polar surface area (TPSA) is 0 Å². The van der Waals surface area contributed by atoms with Crippen molar-refractivity contribution in [1.82, 2.24) is 0 Å². The summed E-state index contributed by atoms with van der Waals surface area (Å²) in [5.41, 5.74) is 11.4. The van der Waals surface area contributed by atoms with Crippen LogP contribution in [0.15, 0.2) is 28.9 Å². The molecule has 1 aromatic carbocycles. The Kier molecular flexibility index (Phi) is 6.84. The number of aryl methyl sites for hydroxylation is 2. The van der Waals surface area contributed by atoms with Crippen LogP contribution in [0.4, 0.5) is 0 Å². The van der Waals surface area contributed by atoms with Crippen LogP contribution >= 0.6 is 0 Å². The molecule has 2 aliphatic carbocycles. The molecule has 1 unspecified atom stereocenters. The summed E-state index contributed by atoms with van der Waals surface area (Å²) in [6.45, 7) is 19.7. The third-order valence-corrected chi connectivity index (χ3v) is 5.48. The fourth-order valence-corrected chi connectivity index (χ4v) is 3.76. The molecule has 1 aromatic rings. The fourth-order valence-electron chi connectivity index (χ4n) is 3.76. The molecule has 0 fully saturated rings. The van der Waals surface area contributed by atoms with Gasteiger partial charge < -0.3 is 0 Å². The molecule has 0 N–H and O–H groups in total. The number of allylic oxidation sites excluding steroid dienone is 6. The summed E-state index contributed by atoms with van der Waals surface area (Å²) < 4.78 is 0. The molecule has 0 aromatic heterocycles. The quantitative estimate of drug-likeness (QED) is 0.283. The Balaban J connectivity index is 0.000000238. The van der Waals surface area contributed by atoms with Crippen LogP contribution in [-0.2, 0) is 25.8 Å². The van der Waals surface area contributed by atoms with Crippen LogP contribution in [0, 0.1) is 31.4 Å². The minimum atomic E-state index is 0. The normalized spacial score (nSPS) is 20.6. The molecule has 0 heterocycles. The first kappa shape index (κ1) is 21.4. The predicted octanol–water partition coefficient (Wildman–Crippen LogP) is 6.74. The van der Waals surface area contributed by atoms with E-state index in [2.05, 4.69) is 86.6 Å². The molecule has 24 heavy (non-hydrogen) atoms. The molecule has 0 saturated carbocycles. The van der Waals surface area contributed by atoms with Crippen molar-refractivity contribution in [3.05, 3.63) is 63.3 Å². The van der Waals surface area contributed by atoms with E-state index in [-0.39, 0.29) is 31.3 Å². The predicted molar refractivity (Wildman–Crippen MR) is 101 cm³/mol. The van der Waals surface area contributed by atoms with Crippen molar-refractivity contribution in [1.29, 1.82) is 0 Å². The van der Waals surface area contributed by atoms with Gasteiger partial charge >= 0.3 is 0 Å². The van der Waals surface area contributed by atoms with E-state index in [1.807, 2.05) is 0 Å². The van der Waals surface area contributed by atoms with Gasteiger partial charge in [-0.3, -0.25) is 12.2 Å². The van der Waals surface area contributed by atoms with Crippen LogP contribution in [-0.4, -0.2) is 0 Å². The van der Waals surface area contributed by atoms with Gasteiger partial charge in [0.05, 0.1) is 0 Å². The molecule has 0 amide bonds. The molecule has 1 heteroatoms. The van der Waals surface area contributed by atoms with Crippen molar-refractivity contribution in [3.8, 4) is 0 Å². The maximum absolute atomic E-state index is 3.48. The zero-order chi connectivity index (χ0) is 17.5. The second-order valence-electron chi connectivity index (χ2n) is 7.60. The number of hydrogen-bond acceptors (Lipinski definition) is 0. The molecule has 0 aliphatic heterocycles. The second-order valence-corrected chi connectivity index (χ2v) is 7.60. The monoisotopic (exact) mass is 486 g/mol. The number of hydrogen-bond donors (Lipinski definition) is 0. The van der Waals surface area contributed by atoms with Crippen LogP contribution in [0.3, 0.4) is 0 Å². The van der Waals surface area contributed by atoms with E-state index < -0.39 is 0 Å². The van der Waals surface area contributed by atoms with Gasteiger partial charge in [-0.05, 0) is 6.92 Å². The third kappa shape index (κ3) is 3.93. The Labute approximate surface area is 167 Å². The van der Waals surface area contributed by atoms with E-state index in [9.17, 15) is 0 Å². The van der Waals surface area contributed by atoms with Gasteiger partial charge in [0.2, 0.25) is 0 Å². The number of benzene rings is 1. The third-order valence-electron chi connectivity index (χ3n) is 5.48. The summed E-state index contributed by atoms with van der Waals surface area (Å²) in [4.78, 5) is 0. The Hall–Kier alpha value is -0.690. The average molecular weight is 485 g/mol. The van der Waals surface area contributed by atoms with E-state index in [0.29, 0.717) is 5.92 Å². The first-order valence-electron chi connectivity index (χ1n) is 8.57. The smallest absolute Gasteiger partial charge is 0 e. The van der Waals surface area contributed by atoms with Crippen molar-refractivity contribution < 1.29 is 25.8 Å².